The fourth-order valence-electron chi connectivity index (χ4n) is 3.03. The molecule has 0 amide bonds. The average Bonchev–Trinajstić information content (AvgIpc) is 2.95. The van der Waals surface area contributed by atoms with Crippen molar-refractivity contribution in [3.05, 3.63) is 68.7 Å². The van der Waals surface area contributed by atoms with Gasteiger partial charge in [-0.2, -0.15) is 0 Å². The number of aromatic nitrogens is 1. The summed E-state index contributed by atoms with van der Waals surface area (Å²) in [6.45, 7) is -0.502. The van der Waals surface area contributed by atoms with Gasteiger partial charge in [-0.05, 0) is 12.1 Å². The van der Waals surface area contributed by atoms with Gasteiger partial charge >= 0.3 is 0 Å². The van der Waals surface area contributed by atoms with E-state index in [2.05, 4.69) is 0 Å². The summed E-state index contributed by atoms with van der Waals surface area (Å²) < 4.78 is 12.1. The number of benzene rings is 1. The number of ether oxygens (including phenoxy) is 2. The van der Waals surface area contributed by atoms with E-state index in [1.807, 2.05) is 0 Å². The zero-order valence-corrected chi connectivity index (χ0v) is 14.6. The molecule has 9 heteroatoms. The molecule has 0 saturated heterocycles. The standard InChI is InChI=1S/C18H16N2O7/c1-19-13(8-21)12(9-27-11-5-3-10(4-6-11)20(24)25)16-17(19)14(22)7-15(26-2)18(16)23/h3-7,21H,8-9H2,1-2H3. The highest BCUT2D eigenvalue weighted by Gasteiger charge is 2.35. The van der Waals surface area contributed by atoms with E-state index in [1.54, 1.807) is 7.05 Å². The highest BCUT2D eigenvalue weighted by Crippen LogP contribution is 2.31. The lowest BCUT2D eigenvalue weighted by atomic mass is 9.96. The molecule has 0 fully saturated rings. The van der Waals surface area contributed by atoms with Crippen LogP contribution in [0.15, 0.2) is 36.1 Å². The maximum absolute atomic E-state index is 12.7. The van der Waals surface area contributed by atoms with Crippen LogP contribution in [0.2, 0.25) is 0 Å². The number of methoxy groups -OCH3 is 1. The first-order chi connectivity index (χ1) is 12.9. The number of nitro benzene ring substituents is 1. The average molecular weight is 372 g/mol. The molecular formula is C18H16N2O7. The summed E-state index contributed by atoms with van der Waals surface area (Å²) in [6.07, 6.45) is 1.12. The van der Waals surface area contributed by atoms with Crippen LogP contribution in [-0.4, -0.2) is 33.3 Å². The molecule has 3 rings (SSSR count). The molecule has 1 aromatic heterocycles. The van der Waals surface area contributed by atoms with E-state index in [1.165, 1.54) is 35.9 Å². The zero-order valence-electron chi connectivity index (χ0n) is 14.6. The molecule has 27 heavy (non-hydrogen) atoms. The van der Waals surface area contributed by atoms with Crippen molar-refractivity contribution in [2.75, 3.05) is 7.11 Å². The number of non-ortho nitro benzene ring substituents is 1. The predicted molar refractivity (Wildman–Crippen MR) is 92.5 cm³/mol. The maximum atomic E-state index is 12.7. The lowest BCUT2D eigenvalue weighted by Crippen LogP contribution is -2.20. The third kappa shape index (κ3) is 3.08. The van der Waals surface area contributed by atoms with E-state index in [9.17, 15) is 24.8 Å². The highest BCUT2D eigenvalue weighted by atomic mass is 16.6. The van der Waals surface area contributed by atoms with Gasteiger partial charge in [0.2, 0.25) is 11.6 Å². The van der Waals surface area contributed by atoms with Crippen LogP contribution in [0.3, 0.4) is 0 Å². The van der Waals surface area contributed by atoms with Crippen molar-refractivity contribution in [2.24, 2.45) is 7.05 Å². The Morgan fingerprint density at radius 2 is 1.89 bits per heavy atom. The number of rotatable bonds is 6. The molecule has 1 aromatic carbocycles. The Morgan fingerprint density at radius 3 is 2.44 bits per heavy atom. The number of carbonyl (C=O) groups is 2. The molecule has 0 atom stereocenters. The van der Waals surface area contributed by atoms with Gasteiger partial charge in [0.05, 0.1) is 29.9 Å². The molecule has 0 radical (unpaired) electrons. The number of nitro groups is 1. The number of hydrogen-bond donors (Lipinski definition) is 1. The van der Waals surface area contributed by atoms with E-state index in [-0.39, 0.29) is 29.3 Å². The van der Waals surface area contributed by atoms with Crippen molar-refractivity contribution in [1.29, 1.82) is 0 Å². The number of allylic oxidation sites excluding steroid dienone is 2. The summed E-state index contributed by atoms with van der Waals surface area (Å²) in [4.78, 5) is 35.2. The van der Waals surface area contributed by atoms with Crippen molar-refractivity contribution < 1.29 is 29.1 Å². The zero-order chi connectivity index (χ0) is 19.7. The summed E-state index contributed by atoms with van der Waals surface area (Å²) in [5.74, 6) is -0.608. The molecule has 1 heterocycles. The molecule has 0 aliphatic heterocycles. The van der Waals surface area contributed by atoms with Crippen LogP contribution in [0.25, 0.3) is 0 Å². The fraction of sp³-hybridized carbons (Fsp3) is 0.222. The molecule has 2 aromatic rings. The number of fused-ring (bicyclic) bond motifs is 1. The van der Waals surface area contributed by atoms with Gasteiger partial charge in [-0.1, -0.05) is 0 Å². The van der Waals surface area contributed by atoms with Crippen LogP contribution >= 0.6 is 0 Å². The minimum Gasteiger partial charge on any atom is -0.492 e. The molecule has 1 aliphatic carbocycles. The van der Waals surface area contributed by atoms with Crippen molar-refractivity contribution in [2.45, 2.75) is 13.2 Å². The Bertz CT molecular complexity index is 971. The van der Waals surface area contributed by atoms with E-state index in [0.717, 1.165) is 6.08 Å². The number of hydrogen-bond acceptors (Lipinski definition) is 7. The largest absolute Gasteiger partial charge is 0.492 e. The van der Waals surface area contributed by atoms with Gasteiger partial charge in [-0.3, -0.25) is 19.7 Å². The molecule has 140 valence electrons. The molecule has 0 unspecified atom stereocenters. The third-order valence-corrected chi connectivity index (χ3v) is 4.37. The van der Waals surface area contributed by atoms with E-state index in [4.69, 9.17) is 9.47 Å². The second-order valence-corrected chi connectivity index (χ2v) is 5.81. The van der Waals surface area contributed by atoms with Crippen molar-refractivity contribution in [1.82, 2.24) is 4.57 Å². The van der Waals surface area contributed by atoms with Gasteiger partial charge in [0, 0.05) is 30.8 Å². The fourth-order valence-corrected chi connectivity index (χ4v) is 3.03. The summed E-state index contributed by atoms with van der Waals surface area (Å²) in [6, 6.07) is 5.45. The first kappa shape index (κ1) is 18.3. The van der Waals surface area contributed by atoms with E-state index < -0.39 is 23.1 Å². The van der Waals surface area contributed by atoms with Gasteiger partial charge in [0.25, 0.3) is 5.69 Å². The maximum Gasteiger partial charge on any atom is 0.269 e. The second-order valence-electron chi connectivity index (χ2n) is 5.81. The van der Waals surface area contributed by atoms with Gasteiger partial charge in [-0.15, -0.1) is 0 Å². The van der Waals surface area contributed by atoms with Crippen LogP contribution in [0.1, 0.15) is 32.1 Å². The Morgan fingerprint density at radius 1 is 1.22 bits per heavy atom. The topological polar surface area (TPSA) is 121 Å². The number of carbonyl (C=O) groups excluding carboxylic acids is 2. The van der Waals surface area contributed by atoms with Crippen LogP contribution in [0.5, 0.6) is 5.75 Å². The monoisotopic (exact) mass is 372 g/mol. The summed E-state index contributed by atoms with van der Waals surface area (Å²) in [5, 5.41) is 20.4. The second kappa shape index (κ2) is 7.04. The lowest BCUT2D eigenvalue weighted by Gasteiger charge is -2.13. The SMILES string of the molecule is COC1=CC(=O)c2c(c(COc3ccc([N+](=O)[O-])cc3)c(CO)n2C)C1=O. The Hall–Kier alpha value is -3.46. The first-order valence-corrected chi connectivity index (χ1v) is 7.92. The summed E-state index contributed by atoms with van der Waals surface area (Å²) in [5.41, 5.74) is 0.954. The molecule has 1 N–H and O–H groups in total. The van der Waals surface area contributed by atoms with Gasteiger partial charge in [0.1, 0.15) is 18.1 Å². The number of nitrogens with zero attached hydrogens (tertiary/aromatic N) is 2. The van der Waals surface area contributed by atoms with Crippen LogP contribution in [0, 0.1) is 10.1 Å². The smallest absolute Gasteiger partial charge is 0.269 e. The minimum atomic E-state index is -0.524. The van der Waals surface area contributed by atoms with Gasteiger partial charge < -0.3 is 19.1 Å². The predicted octanol–water partition coefficient (Wildman–Crippen LogP) is 1.91. The molecule has 9 nitrogen and oxygen atoms in total. The number of aliphatic hydroxyl groups is 1. The molecule has 0 spiro atoms. The Balaban J connectivity index is 1.97. The van der Waals surface area contributed by atoms with E-state index in [0.29, 0.717) is 17.0 Å². The van der Waals surface area contributed by atoms with Crippen molar-refractivity contribution in [3.63, 3.8) is 0 Å². The molecule has 0 bridgehead atoms. The lowest BCUT2D eigenvalue weighted by molar-refractivity contribution is -0.384. The van der Waals surface area contributed by atoms with Crippen LogP contribution in [-0.2, 0) is 25.0 Å². The minimum absolute atomic E-state index is 0.0777. The summed E-state index contributed by atoms with van der Waals surface area (Å²) >= 11 is 0. The molecular weight excluding hydrogens is 356 g/mol. The number of aliphatic hydroxyl groups excluding tert-OH is 1. The van der Waals surface area contributed by atoms with Crippen molar-refractivity contribution in [3.8, 4) is 5.75 Å². The first-order valence-electron chi connectivity index (χ1n) is 7.92. The van der Waals surface area contributed by atoms with Crippen LogP contribution in [0.4, 0.5) is 5.69 Å². The number of ketones is 2. The normalized spacial score (nSPS) is 13.2. The van der Waals surface area contributed by atoms with Gasteiger partial charge in [0.15, 0.2) is 5.76 Å². The summed E-state index contributed by atoms with van der Waals surface area (Å²) in [7, 11) is 2.88. The Kier molecular flexibility index (Phi) is 4.78. The van der Waals surface area contributed by atoms with Crippen molar-refractivity contribution >= 4 is 17.3 Å². The molecule has 0 saturated carbocycles. The quantitative estimate of drug-likeness (QED) is 0.607. The van der Waals surface area contributed by atoms with Crippen LogP contribution < -0.4 is 4.74 Å². The third-order valence-electron chi connectivity index (χ3n) is 4.37. The highest BCUT2D eigenvalue weighted by molar-refractivity contribution is 6.24. The molecule has 1 aliphatic rings. The van der Waals surface area contributed by atoms with Gasteiger partial charge in [-0.25, -0.2) is 0 Å². The number of Topliss-reactive ketones (excluding diaryl/α,β-unsaturated/α-hetero) is 1. The van der Waals surface area contributed by atoms with E-state index >= 15 is 0 Å². The Labute approximate surface area is 153 Å².